The summed E-state index contributed by atoms with van der Waals surface area (Å²) in [6, 6.07) is 40.8. The molecule has 38 heavy (non-hydrogen) atoms. The fraction of sp³-hybridized carbons (Fsp3) is 0.273. The minimum Gasteiger partial charge on any atom is -0.374 e. The highest BCUT2D eigenvalue weighted by atomic mass is 16.7. The summed E-state index contributed by atoms with van der Waals surface area (Å²) in [5.74, 6) is 0. The van der Waals surface area contributed by atoms with Crippen molar-refractivity contribution in [3.8, 4) is 0 Å². The fourth-order valence-electron chi connectivity index (χ4n) is 4.64. The number of hydrogen-bond donors (Lipinski definition) is 1. The average Bonchev–Trinajstić information content (AvgIpc) is 3.32. The Labute approximate surface area is 225 Å². The van der Waals surface area contributed by atoms with Gasteiger partial charge in [-0.2, -0.15) is 0 Å². The first-order valence-corrected chi connectivity index (χ1v) is 13.2. The smallest absolute Gasteiger partial charge is 0.176 e. The molecule has 1 fully saturated rings. The molecule has 5 nitrogen and oxygen atoms in total. The molecule has 4 atom stereocenters. The summed E-state index contributed by atoms with van der Waals surface area (Å²) < 4.78 is 25.5. The summed E-state index contributed by atoms with van der Waals surface area (Å²) in [4.78, 5) is 0. The van der Waals surface area contributed by atoms with Gasteiger partial charge in [-0.05, 0) is 22.3 Å². The van der Waals surface area contributed by atoms with Crippen LogP contribution < -0.4 is 5.32 Å². The lowest BCUT2D eigenvalue weighted by Gasteiger charge is -2.26. The van der Waals surface area contributed by atoms with E-state index in [2.05, 4.69) is 66.0 Å². The Morgan fingerprint density at radius 2 is 1.03 bits per heavy atom. The summed E-state index contributed by atoms with van der Waals surface area (Å²) in [5.41, 5.74) is 4.54. The molecule has 0 aromatic heterocycles. The number of ether oxygens (including phenoxy) is 4. The second-order valence-corrected chi connectivity index (χ2v) is 9.49. The summed E-state index contributed by atoms with van der Waals surface area (Å²) in [7, 11) is 0. The first-order chi connectivity index (χ1) is 18.8. The van der Waals surface area contributed by atoms with Crippen molar-refractivity contribution < 1.29 is 18.9 Å². The van der Waals surface area contributed by atoms with Gasteiger partial charge in [-0.3, -0.25) is 0 Å². The van der Waals surface area contributed by atoms with Crippen molar-refractivity contribution in [1.82, 2.24) is 5.32 Å². The van der Waals surface area contributed by atoms with Crippen molar-refractivity contribution in [3.63, 3.8) is 0 Å². The lowest BCUT2D eigenvalue weighted by Crippen LogP contribution is -2.47. The van der Waals surface area contributed by atoms with Crippen LogP contribution >= 0.6 is 0 Å². The van der Waals surface area contributed by atoms with E-state index in [0.29, 0.717) is 33.0 Å². The molecular weight excluding hydrogens is 474 g/mol. The Kier molecular flexibility index (Phi) is 9.69. The van der Waals surface area contributed by atoms with E-state index >= 15 is 0 Å². The van der Waals surface area contributed by atoms with Crippen LogP contribution in [-0.2, 0) is 45.3 Å². The number of hydrogen-bond acceptors (Lipinski definition) is 5. The standard InChI is InChI=1S/C33H35NO4/c1-5-13-26(14-6-1)21-34-31-32(36-23-28-17-9-3-10-18-28)30(25-35-22-27-15-7-2-8-16-27)38-33(31)37-24-29-19-11-4-12-20-29/h1-20,30-34H,21-25H2. The molecule has 0 amide bonds. The third-order valence-corrected chi connectivity index (χ3v) is 6.64. The predicted molar refractivity (Wildman–Crippen MR) is 148 cm³/mol. The van der Waals surface area contributed by atoms with Gasteiger partial charge in [0.25, 0.3) is 0 Å². The van der Waals surface area contributed by atoms with Gasteiger partial charge in [0, 0.05) is 6.54 Å². The molecule has 0 bridgehead atoms. The van der Waals surface area contributed by atoms with Crippen molar-refractivity contribution in [3.05, 3.63) is 144 Å². The molecule has 1 aliphatic rings. The van der Waals surface area contributed by atoms with Gasteiger partial charge in [0.2, 0.25) is 0 Å². The van der Waals surface area contributed by atoms with Crippen LogP contribution in [0, 0.1) is 0 Å². The molecule has 5 rings (SSSR count). The second-order valence-electron chi connectivity index (χ2n) is 9.49. The Balaban J connectivity index is 1.31. The van der Waals surface area contributed by atoms with Gasteiger partial charge in [-0.25, -0.2) is 0 Å². The lowest BCUT2D eigenvalue weighted by atomic mass is 10.1. The summed E-state index contributed by atoms with van der Waals surface area (Å²) in [5, 5.41) is 3.68. The Morgan fingerprint density at radius 1 is 0.553 bits per heavy atom. The minimum atomic E-state index is -0.481. The average molecular weight is 510 g/mol. The molecular formula is C33H35NO4. The van der Waals surface area contributed by atoms with Crippen LogP contribution in [0.2, 0.25) is 0 Å². The first kappa shape index (κ1) is 26.3. The summed E-state index contributed by atoms with van der Waals surface area (Å²) >= 11 is 0. The molecule has 0 spiro atoms. The highest BCUT2D eigenvalue weighted by molar-refractivity contribution is 5.17. The van der Waals surface area contributed by atoms with Crippen LogP contribution in [0.4, 0.5) is 0 Å². The summed E-state index contributed by atoms with van der Waals surface area (Å²) in [6.45, 7) is 2.55. The topological polar surface area (TPSA) is 49.0 Å². The molecule has 1 N–H and O–H groups in total. The molecule has 0 saturated carbocycles. The zero-order chi connectivity index (χ0) is 25.8. The fourth-order valence-corrected chi connectivity index (χ4v) is 4.64. The second kappa shape index (κ2) is 14.0. The van der Waals surface area contributed by atoms with Gasteiger partial charge >= 0.3 is 0 Å². The Bertz CT molecular complexity index is 1190. The molecule has 1 heterocycles. The third-order valence-electron chi connectivity index (χ3n) is 6.64. The van der Waals surface area contributed by atoms with Gasteiger partial charge in [-0.15, -0.1) is 0 Å². The SMILES string of the molecule is c1ccc(CNC2C(OCc3ccccc3)OC(COCc3ccccc3)C2OCc2ccccc2)cc1. The zero-order valence-electron chi connectivity index (χ0n) is 21.5. The zero-order valence-corrected chi connectivity index (χ0v) is 21.5. The van der Waals surface area contributed by atoms with E-state index in [1.54, 1.807) is 0 Å². The normalized spacial score (nSPS) is 20.9. The maximum Gasteiger partial charge on any atom is 0.176 e. The van der Waals surface area contributed by atoms with Crippen LogP contribution in [0.3, 0.4) is 0 Å². The maximum absolute atomic E-state index is 6.54. The van der Waals surface area contributed by atoms with Crippen molar-refractivity contribution in [2.24, 2.45) is 0 Å². The quantitative estimate of drug-likeness (QED) is 0.244. The molecule has 1 aliphatic heterocycles. The van der Waals surface area contributed by atoms with Crippen LogP contribution in [0.15, 0.2) is 121 Å². The summed E-state index contributed by atoms with van der Waals surface area (Å²) in [6.07, 6.45) is -1.02. The van der Waals surface area contributed by atoms with Crippen molar-refractivity contribution in [1.29, 1.82) is 0 Å². The largest absolute Gasteiger partial charge is 0.374 e. The predicted octanol–water partition coefficient (Wildman–Crippen LogP) is 5.89. The molecule has 0 aliphatic carbocycles. The molecule has 4 aromatic carbocycles. The van der Waals surface area contributed by atoms with Gasteiger partial charge in [0.1, 0.15) is 12.2 Å². The Morgan fingerprint density at radius 3 is 1.58 bits per heavy atom. The molecule has 1 saturated heterocycles. The maximum atomic E-state index is 6.54. The van der Waals surface area contributed by atoms with Crippen molar-refractivity contribution in [2.45, 2.75) is 50.9 Å². The molecule has 4 unspecified atom stereocenters. The van der Waals surface area contributed by atoms with Gasteiger partial charge in [0.05, 0.1) is 32.5 Å². The van der Waals surface area contributed by atoms with Crippen LogP contribution in [0.25, 0.3) is 0 Å². The third kappa shape index (κ3) is 7.60. The van der Waals surface area contributed by atoms with Gasteiger partial charge in [-0.1, -0.05) is 121 Å². The molecule has 5 heteroatoms. The molecule has 0 radical (unpaired) electrons. The lowest BCUT2D eigenvalue weighted by molar-refractivity contribution is -0.161. The van der Waals surface area contributed by atoms with E-state index in [-0.39, 0.29) is 18.2 Å². The minimum absolute atomic E-state index is 0.173. The number of rotatable bonds is 13. The first-order valence-electron chi connectivity index (χ1n) is 13.2. The van der Waals surface area contributed by atoms with E-state index in [0.717, 1.165) is 16.7 Å². The van der Waals surface area contributed by atoms with E-state index < -0.39 is 6.29 Å². The van der Waals surface area contributed by atoms with E-state index in [9.17, 15) is 0 Å². The highest BCUT2D eigenvalue weighted by Gasteiger charge is 2.46. The molecule has 4 aromatic rings. The highest BCUT2D eigenvalue weighted by Crippen LogP contribution is 2.28. The van der Waals surface area contributed by atoms with Crippen LogP contribution in [-0.4, -0.2) is 31.1 Å². The van der Waals surface area contributed by atoms with Gasteiger partial charge < -0.3 is 24.3 Å². The Hall–Kier alpha value is -3.32. The molecule has 196 valence electrons. The van der Waals surface area contributed by atoms with Crippen LogP contribution in [0.5, 0.6) is 0 Å². The van der Waals surface area contributed by atoms with E-state index in [4.69, 9.17) is 18.9 Å². The van der Waals surface area contributed by atoms with E-state index in [1.165, 1.54) is 5.56 Å². The number of benzene rings is 4. The van der Waals surface area contributed by atoms with E-state index in [1.807, 2.05) is 60.7 Å². The van der Waals surface area contributed by atoms with Gasteiger partial charge in [0.15, 0.2) is 6.29 Å². The van der Waals surface area contributed by atoms with Crippen LogP contribution in [0.1, 0.15) is 22.3 Å². The number of nitrogens with one attached hydrogen (secondary N) is 1. The van der Waals surface area contributed by atoms with Crippen molar-refractivity contribution in [2.75, 3.05) is 6.61 Å². The monoisotopic (exact) mass is 509 g/mol. The van der Waals surface area contributed by atoms with Crippen molar-refractivity contribution >= 4 is 0 Å².